The lowest BCUT2D eigenvalue weighted by molar-refractivity contribution is -0.150. The van der Waals surface area contributed by atoms with Gasteiger partial charge in [0.25, 0.3) is 5.91 Å². The monoisotopic (exact) mass is 406 g/mol. The van der Waals surface area contributed by atoms with E-state index in [1.165, 1.54) is 0 Å². The van der Waals surface area contributed by atoms with E-state index in [9.17, 15) is 9.59 Å². The van der Waals surface area contributed by atoms with Crippen molar-refractivity contribution in [1.29, 1.82) is 0 Å². The number of nitrogens with one attached hydrogen (secondary N) is 1. The highest BCUT2D eigenvalue weighted by atomic mass is 16.5. The smallest absolute Gasteiger partial charge is 0.306 e. The second-order valence-electron chi connectivity index (χ2n) is 7.89. The molecule has 7 heteroatoms. The van der Waals surface area contributed by atoms with E-state index in [1.54, 1.807) is 19.3 Å². The lowest BCUT2D eigenvalue weighted by Gasteiger charge is -2.32. The Hall–Kier alpha value is -2.15. The fraction of sp³-hybridized carbons (Fsp3) is 0.682. The van der Waals surface area contributed by atoms with Gasteiger partial charge < -0.3 is 19.9 Å². The summed E-state index contributed by atoms with van der Waals surface area (Å²) in [5.74, 6) is 0.629. The van der Waals surface area contributed by atoms with Crippen LogP contribution in [0.25, 0.3) is 0 Å². The van der Waals surface area contributed by atoms with Gasteiger partial charge in [-0.15, -0.1) is 0 Å². The number of ether oxygens (including phenoxy) is 1. The Morgan fingerprint density at radius 1 is 1.31 bits per heavy atom. The summed E-state index contributed by atoms with van der Waals surface area (Å²) in [6.45, 7) is 10.2. The molecule has 1 aliphatic rings. The highest BCUT2D eigenvalue weighted by molar-refractivity contribution is 5.93. The molecule has 1 aromatic rings. The summed E-state index contributed by atoms with van der Waals surface area (Å²) in [5, 5.41) is 2.59. The molecule has 0 unspecified atom stereocenters. The lowest BCUT2D eigenvalue weighted by Crippen LogP contribution is -2.38. The number of piperidine rings is 1. The van der Waals surface area contributed by atoms with Crippen LogP contribution in [0.4, 0.5) is 5.82 Å². The van der Waals surface area contributed by atoms with E-state index in [0.717, 1.165) is 57.7 Å². The first-order chi connectivity index (χ1) is 13.9. The second kappa shape index (κ2) is 11.8. The van der Waals surface area contributed by atoms with Gasteiger partial charge in [-0.25, -0.2) is 4.98 Å². The third-order valence-electron chi connectivity index (χ3n) is 5.37. The zero-order valence-electron chi connectivity index (χ0n) is 18.3. The van der Waals surface area contributed by atoms with E-state index < -0.39 is 0 Å². The fourth-order valence-corrected chi connectivity index (χ4v) is 3.64. The normalized spacial score (nSPS) is 15.0. The van der Waals surface area contributed by atoms with Gasteiger partial charge in [0.15, 0.2) is 0 Å². The van der Waals surface area contributed by atoms with Crippen LogP contribution >= 0.6 is 0 Å². The van der Waals surface area contributed by atoms with Crippen molar-refractivity contribution in [3.05, 3.63) is 23.9 Å². The number of nitrogens with zero attached hydrogens (tertiary/aromatic N) is 3. The summed E-state index contributed by atoms with van der Waals surface area (Å²) in [7, 11) is 1.61. The van der Waals surface area contributed by atoms with Crippen LogP contribution in [0.15, 0.2) is 18.3 Å². The van der Waals surface area contributed by atoms with Crippen molar-refractivity contribution in [2.45, 2.75) is 65.0 Å². The first kappa shape index (κ1) is 23.1. The molecular weight excluding hydrogens is 368 g/mol. The van der Waals surface area contributed by atoms with Gasteiger partial charge in [0.05, 0.1) is 5.56 Å². The Balaban J connectivity index is 0.00000450. The minimum Gasteiger partial charge on any atom is -0.462 e. The maximum Gasteiger partial charge on any atom is 0.306 e. The third kappa shape index (κ3) is 7.31. The van der Waals surface area contributed by atoms with Crippen molar-refractivity contribution in [2.75, 3.05) is 38.1 Å². The molecule has 0 atom stereocenters. The molecule has 2 rings (SSSR count). The SMILES string of the molecule is CCCN(CCCC(=O)OC1CCN(c2ccc(C(=O)NC)cn2)CC1)C(C)C.[HH]. The van der Waals surface area contributed by atoms with Crippen molar-refractivity contribution < 1.29 is 15.8 Å². The zero-order valence-corrected chi connectivity index (χ0v) is 18.3. The molecule has 0 aliphatic carbocycles. The average Bonchev–Trinajstić information content (AvgIpc) is 2.73. The van der Waals surface area contributed by atoms with Gasteiger partial charge in [-0.1, -0.05) is 6.92 Å². The van der Waals surface area contributed by atoms with Crippen LogP contribution in [-0.4, -0.2) is 67.1 Å². The quantitative estimate of drug-likeness (QED) is 0.602. The topological polar surface area (TPSA) is 74.8 Å². The maximum atomic E-state index is 12.2. The van der Waals surface area contributed by atoms with Crippen molar-refractivity contribution in [1.82, 2.24) is 15.2 Å². The summed E-state index contributed by atoms with van der Waals surface area (Å²) < 4.78 is 5.69. The van der Waals surface area contributed by atoms with Crippen molar-refractivity contribution in [3.63, 3.8) is 0 Å². The van der Waals surface area contributed by atoms with Crippen molar-refractivity contribution in [3.8, 4) is 0 Å². The minimum absolute atomic E-state index is 0. The van der Waals surface area contributed by atoms with Gasteiger partial charge in [0.1, 0.15) is 11.9 Å². The number of esters is 1. The van der Waals surface area contributed by atoms with Gasteiger partial charge >= 0.3 is 5.97 Å². The molecular formula is C22H38N4O3. The molecule has 0 spiro atoms. The van der Waals surface area contributed by atoms with E-state index >= 15 is 0 Å². The molecule has 1 fully saturated rings. The van der Waals surface area contributed by atoms with Gasteiger partial charge in [0.2, 0.25) is 0 Å². The number of amides is 1. The van der Waals surface area contributed by atoms with Crippen LogP contribution in [0.2, 0.25) is 0 Å². The first-order valence-electron chi connectivity index (χ1n) is 10.8. The second-order valence-corrected chi connectivity index (χ2v) is 7.89. The van der Waals surface area contributed by atoms with Crippen LogP contribution in [0.3, 0.4) is 0 Å². The molecule has 1 N–H and O–H groups in total. The summed E-state index contributed by atoms with van der Waals surface area (Å²) >= 11 is 0. The molecule has 1 aliphatic heterocycles. The van der Waals surface area contributed by atoms with Crippen LogP contribution in [0.1, 0.15) is 64.7 Å². The van der Waals surface area contributed by atoms with Crippen molar-refractivity contribution in [2.24, 2.45) is 0 Å². The Morgan fingerprint density at radius 2 is 2.03 bits per heavy atom. The molecule has 0 aromatic carbocycles. The Bertz CT molecular complexity index is 646. The number of hydrogen-bond acceptors (Lipinski definition) is 6. The number of rotatable bonds is 10. The van der Waals surface area contributed by atoms with Crippen molar-refractivity contribution >= 4 is 17.7 Å². The molecule has 29 heavy (non-hydrogen) atoms. The highest BCUT2D eigenvalue weighted by Gasteiger charge is 2.23. The Morgan fingerprint density at radius 3 is 2.59 bits per heavy atom. The molecule has 1 amide bonds. The van der Waals surface area contributed by atoms with Crippen LogP contribution in [0, 0.1) is 0 Å². The van der Waals surface area contributed by atoms with Gasteiger partial charge in [0, 0.05) is 53.1 Å². The Labute approximate surface area is 176 Å². The highest BCUT2D eigenvalue weighted by Crippen LogP contribution is 2.20. The fourth-order valence-electron chi connectivity index (χ4n) is 3.64. The molecule has 7 nitrogen and oxygen atoms in total. The van der Waals surface area contributed by atoms with Gasteiger partial charge in [-0.3, -0.25) is 9.59 Å². The number of carbonyl (C=O) groups excluding carboxylic acids is 2. The van der Waals surface area contributed by atoms with E-state index in [-0.39, 0.29) is 19.4 Å². The largest absolute Gasteiger partial charge is 0.462 e. The van der Waals surface area contributed by atoms with Gasteiger partial charge in [-0.05, 0) is 51.9 Å². The third-order valence-corrected chi connectivity index (χ3v) is 5.37. The maximum absolute atomic E-state index is 12.2. The molecule has 0 bridgehead atoms. The van der Waals surface area contributed by atoms with Crippen LogP contribution < -0.4 is 10.2 Å². The molecule has 1 saturated heterocycles. The molecule has 0 radical (unpaired) electrons. The predicted molar refractivity (Wildman–Crippen MR) is 117 cm³/mol. The Kier molecular flexibility index (Phi) is 9.38. The molecule has 2 heterocycles. The van der Waals surface area contributed by atoms with Crippen LogP contribution in [-0.2, 0) is 9.53 Å². The van der Waals surface area contributed by atoms with E-state index in [1.807, 2.05) is 6.07 Å². The zero-order chi connectivity index (χ0) is 21.2. The number of anilines is 1. The van der Waals surface area contributed by atoms with Gasteiger partial charge in [-0.2, -0.15) is 0 Å². The summed E-state index contributed by atoms with van der Waals surface area (Å²) in [6.07, 6.45) is 5.65. The van der Waals surface area contributed by atoms with Crippen LogP contribution in [0.5, 0.6) is 0 Å². The molecule has 0 saturated carbocycles. The number of pyridine rings is 1. The summed E-state index contributed by atoms with van der Waals surface area (Å²) in [5.41, 5.74) is 0.551. The lowest BCUT2D eigenvalue weighted by atomic mass is 10.1. The summed E-state index contributed by atoms with van der Waals surface area (Å²) in [6, 6.07) is 4.16. The number of carbonyl (C=O) groups is 2. The molecule has 164 valence electrons. The summed E-state index contributed by atoms with van der Waals surface area (Å²) in [4.78, 5) is 32.8. The average molecular weight is 407 g/mol. The van der Waals surface area contributed by atoms with E-state index in [0.29, 0.717) is 18.0 Å². The first-order valence-corrected chi connectivity index (χ1v) is 10.8. The minimum atomic E-state index is -0.138. The molecule has 1 aromatic heterocycles. The standard InChI is InChI=1S/C22H36N4O3.H2/c1-5-12-25(17(2)3)13-6-7-21(27)29-19-10-14-26(15-11-19)20-9-8-18(16-24-20)22(28)23-4;/h8-9,16-17,19H,5-7,10-15H2,1-4H3,(H,23,28);1H. The number of hydrogen-bond donors (Lipinski definition) is 1. The predicted octanol–water partition coefficient (Wildman–Crippen LogP) is 3.10. The van der Waals surface area contributed by atoms with E-state index in [4.69, 9.17) is 4.74 Å². The number of aromatic nitrogens is 1. The van der Waals surface area contributed by atoms with E-state index in [2.05, 4.69) is 40.9 Å².